The second kappa shape index (κ2) is 7.23. The molecule has 0 aliphatic carbocycles. The topological polar surface area (TPSA) is 133 Å². The number of fused-ring (bicyclic) bond motifs is 1. The molecule has 3 aromatic rings. The molecule has 142 valence electrons. The van der Waals surface area contributed by atoms with E-state index in [0.29, 0.717) is 10.2 Å². The van der Waals surface area contributed by atoms with Crippen molar-refractivity contribution < 1.29 is 20.1 Å². The van der Waals surface area contributed by atoms with Gasteiger partial charge in [-0.05, 0) is 24.3 Å². The Kier molecular flexibility index (Phi) is 4.93. The van der Waals surface area contributed by atoms with Crippen LogP contribution in [0.25, 0.3) is 11.2 Å². The molecule has 0 amide bonds. The van der Waals surface area contributed by atoms with E-state index in [1.165, 1.54) is 22.7 Å². The number of nitrogens with one attached hydrogen (secondary N) is 1. The highest BCUT2D eigenvalue weighted by Crippen LogP contribution is 2.37. The molecule has 0 spiro atoms. The largest absolute Gasteiger partial charge is 0.394 e. The van der Waals surface area contributed by atoms with Crippen LogP contribution in [0.15, 0.2) is 45.4 Å². The predicted octanol–water partition coefficient (Wildman–Crippen LogP) is 0.536. The quantitative estimate of drug-likeness (QED) is 0.489. The Morgan fingerprint density at radius 2 is 2.00 bits per heavy atom. The van der Waals surface area contributed by atoms with Gasteiger partial charge in [-0.2, -0.15) is 0 Å². The van der Waals surface area contributed by atoms with Gasteiger partial charge >= 0.3 is 0 Å². The molecule has 0 saturated carbocycles. The van der Waals surface area contributed by atoms with Crippen molar-refractivity contribution in [3.8, 4) is 0 Å². The van der Waals surface area contributed by atoms with Crippen LogP contribution >= 0.6 is 23.4 Å². The van der Waals surface area contributed by atoms with Crippen LogP contribution in [0.3, 0.4) is 0 Å². The van der Waals surface area contributed by atoms with E-state index in [4.69, 9.17) is 16.3 Å². The van der Waals surface area contributed by atoms with E-state index in [0.717, 1.165) is 4.90 Å². The number of imidazole rings is 1. The molecular formula is C16H15ClN4O5S. The first-order chi connectivity index (χ1) is 13.0. The minimum absolute atomic E-state index is 0.0756. The molecule has 2 unspecified atom stereocenters. The lowest BCUT2D eigenvalue weighted by molar-refractivity contribution is -0.0548. The summed E-state index contributed by atoms with van der Waals surface area (Å²) < 4.78 is 7.06. The Morgan fingerprint density at radius 1 is 1.26 bits per heavy atom. The normalized spacial score (nSPS) is 25.3. The number of aromatic nitrogens is 4. The molecule has 3 heterocycles. The highest BCUT2D eigenvalue weighted by atomic mass is 35.5. The van der Waals surface area contributed by atoms with Gasteiger partial charge in [0.05, 0.1) is 12.9 Å². The minimum atomic E-state index is -1.33. The van der Waals surface area contributed by atoms with Gasteiger partial charge in [0.2, 0.25) is 0 Å². The fourth-order valence-corrected chi connectivity index (χ4v) is 3.94. The van der Waals surface area contributed by atoms with E-state index in [-0.39, 0.29) is 11.2 Å². The lowest BCUT2D eigenvalue weighted by Gasteiger charge is -2.19. The first-order valence-electron chi connectivity index (χ1n) is 8.01. The average molecular weight is 411 g/mol. The smallest absolute Gasteiger partial charge is 0.278 e. The molecule has 2 aromatic heterocycles. The highest BCUT2D eigenvalue weighted by Gasteiger charge is 2.45. The predicted molar refractivity (Wildman–Crippen MR) is 96.7 cm³/mol. The number of halogens is 1. The third kappa shape index (κ3) is 3.24. The van der Waals surface area contributed by atoms with Crippen LogP contribution in [0.1, 0.15) is 6.23 Å². The van der Waals surface area contributed by atoms with Gasteiger partial charge in [0, 0.05) is 9.92 Å². The highest BCUT2D eigenvalue weighted by molar-refractivity contribution is 7.99. The van der Waals surface area contributed by atoms with Crippen LogP contribution in [-0.2, 0) is 4.74 Å². The van der Waals surface area contributed by atoms with Gasteiger partial charge in [-0.1, -0.05) is 23.4 Å². The zero-order valence-corrected chi connectivity index (χ0v) is 15.3. The lowest BCUT2D eigenvalue weighted by atomic mass is 10.1. The second-order valence-corrected chi connectivity index (χ2v) is 7.43. The molecule has 4 rings (SSSR count). The first-order valence-corrected chi connectivity index (χ1v) is 9.20. The first kappa shape index (κ1) is 18.4. The Labute approximate surface area is 161 Å². The van der Waals surface area contributed by atoms with Crippen LogP contribution in [-0.4, -0.2) is 59.8 Å². The van der Waals surface area contributed by atoms with Crippen LogP contribution < -0.4 is 5.56 Å². The molecule has 1 aromatic carbocycles. The molecule has 0 radical (unpaired) electrons. The van der Waals surface area contributed by atoms with E-state index < -0.39 is 36.7 Å². The summed E-state index contributed by atoms with van der Waals surface area (Å²) in [6.07, 6.45) is -3.41. The number of ether oxygens (including phenoxy) is 1. The number of H-pyrrole nitrogens is 1. The van der Waals surface area contributed by atoms with Crippen molar-refractivity contribution >= 4 is 34.5 Å². The van der Waals surface area contributed by atoms with E-state index in [1.54, 1.807) is 24.3 Å². The summed E-state index contributed by atoms with van der Waals surface area (Å²) in [7, 11) is 0. The van der Waals surface area contributed by atoms with Crippen LogP contribution in [0.2, 0.25) is 5.02 Å². The van der Waals surface area contributed by atoms with E-state index in [1.807, 2.05) is 0 Å². The number of rotatable bonds is 4. The zero-order chi connectivity index (χ0) is 19.1. The van der Waals surface area contributed by atoms with Gasteiger partial charge in [-0.3, -0.25) is 9.36 Å². The zero-order valence-electron chi connectivity index (χ0n) is 13.7. The monoisotopic (exact) mass is 410 g/mol. The molecule has 0 bridgehead atoms. The maximum absolute atomic E-state index is 12.1. The van der Waals surface area contributed by atoms with Gasteiger partial charge in [0.25, 0.3) is 5.56 Å². The van der Waals surface area contributed by atoms with Crippen molar-refractivity contribution in [1.29, 1.82) is 0 Å². The van der Waals surface area contributed by atoms with Crippen molar-refractivity contribution in [2.24, 2.45) is 0 Å². The van der Waals surface area contributed by atoms with Gasteiger partial charge in [-0.15, -0.1) is 0 Å². The SMILES string of the molecule is O=c1[nH]cnc2c1nc(Sc1ccc(Cl)cc1)n2[C@@H]1O[C@H](CO)C(O)C1O. The number of aliphatic hydroxyl groups excluding tert-OH is 3. The summed E-state index contributed by atoms with van der Waals surface area (Å²) in [6.45, 7) is -0.463. The Bertz CT molecular complexity index is 1020. The molecule has 1 aliphatic heterocycles. The van der Waals surface area contributed by atoms with Gasteiger partial charge in [0.1, 0.15) is 18.3 Å². The molecule has 11 heteroatoms. The summed E-state index contributed by atoms with van der Waals surface area (Å²) in [6, 6.07) is 7.00. The maximum atomic E-state index is 12.1. The van der Waals surface area contributed by atoms with Crippen LogP contribution in [0.5, 0.6) is 0 Å². The summed E-state index contributed by atoms with van der Waals surface area (Å²) in [4.78, 5) is 23.9. The number of hydrogen-bond acceptors (Lipinski definition) is 8. The van der Waals surface area contributed by atoms with Crippen molar-refractivity contribution in [3.05, 3.63) is 46.0 Å². The van der Waals surface area contributed by atoms with E-state index >= 15 is 0 Å². The van der Waals surface area contributed by atoms with Crippen molar-refractivity contribution in [2.75, 3.05) is 6.61 Å². The summed E-state index contributed by atoms with van der Waals surface area (Å²) >= 11 is 7.13. The second-order valence-electron chi connectivity index (χ2n) is 5.95. The number of benzene rings is 1. The Balaban J connectivity index is 1.83. The van der Waals surface area contributed by atoms with Gasteiger partial charge in [-0.25, -0.2) is 9.97 Å². The summed E-state index contributed by atoms with van der Waals surface area (Å²) in [5.74, 6) is 0. The number of aromatic amines is 1. The third-order valence-corrected chi connectivity index (χ3v) is 5.48. The van der Waals surface area contributed by atoms with Crippen LogP contribution in [0.4, 0.5) is 0 Å². The molecule has 27 heavy (non-hydrogen) atoms. The van der Waals surface area contributed by atoms with Gasteiger partial charge < -0.3 is 25.0 Å². The fraction of sp³-hybridized carbons (Fsp3) is 0.312. The molecular weight excluding hydrogens is 396 g/mol. The number of aliphatic hydroxyl groups is 3. The molecule has 4 atom stereocenters. The number of nitrogens with zero attached hydrogens (tertiary/aromatic N) is 3. The maximum Gasteiger partial charge on any atom is 0.278 e. The Hall–Kier alpha value is -1.95. The number of hydrogen-bond donors (Lipinski definition) is 4. The molecule has 1 saturated heterocycles. The lowest BCUT2D eigenvalue weighted by Crippen LogP contribution is -2.33. The molecule has 9 nitrogen and oxygen atoms in total. The van der Waals surface area contributed by atoms with E-state index in [9.17, 15) is 20.1 Å². The van der Waals surface area contributed by atoms with Crippen molar-refractivity contribution in [1.82, 2.24) is 19.5 Å². The molecule has 1 aliphatic rings. The standard InChI is InChI=1S/C16H15ClN4O5S/c17-7-1-3-8(4-2-7)27-16-20-10-13(18-6-19-14(10)25)21(16)15-12(24)11(23)9(5-22)26-15/h1-4,6,9,11-12,15,22-24H,5H2,(H,18,19,25)/t9-,11?,12?,15-/m1/s1. The fourth-order valence-electron chi connectivity index (χ4n) is 2.90. The van der Waals surface area contributed by atoms with Crippen molar-refractivity contribution in [2.45, 2.75) is 34.6 Å². The Morgan fingerprint density at radius 3 is 2.67 bits per heavy atom. The molecule has 4 N–H and O–H groups in total. The summed E-state index contributed by atoms with van der Waals surface area (Å²) in [5, 5.41) is 30.8. The third-order valence-electron chi connectivity index (χ3n) is 4.25. The summed E-state index contributed by atoms with van der Waals surface area (Å²) in [5.41, 5.74) is -0.166. The van der Waals surface area contributed by atoms with Crippen LogP contribution in [0, 0.1) is 0 Å². The minimum Gasteiger partial charge on any atom is -0.394 e. The molecule has 1 fully saturated rings. The van der Waals surface area contributed by atoms with Crippen molar-refractivity contribution in [3.63, 3.8) is 0 Å². The van der Waals surface area contributed by atoms with E-state index in [2.05, 4.69) is 15.0 Å². The van der Waals surface area contributed by atoms with Gasteiger partial charge in [0.15, 0.2) is 22.5 Å². The average Bonchev–Trinajstić information content (AvgIpc) is 3.16.